The summed E-state index contributed by atoms with van der Waals surface area (Å²) >= 11 is 5.03. The molecular weight excluding hydrogens is 536 g/mol. The van der Waals surface area contributed by atoms with Gasteiger partial charge in [-0.3, -0.25) is 20.2 Å². The maximum Gasteiger partial charge on any atom is 0.403 e. The van der Waals surface area contributed by atoms with E-state index >= 15 is 0 Å². The molecule has 180 valence electrons. The summed E-state index contributed by atoms with van der Waals surface area (Å²) in [5.74, 6) is 0. The van der Waals surface area contributed by atoms with Crippen molar-refractivity contribution >= 4 is 71.6 Å². The lowest BCUT2D eigenvalue weighted by Crippen LogP contribution is -2.07. The summed E-state index contributed by atoms with van der Waals surface area (Å²) in [7, 11) is 5.66. The summed E-state index contributed by atoms with van der Waals surface area (Å²) in [6, 6.07) is 5.97. The Morgan fingerprint density at radius 1 is 1.00 bits per heavy atom. The van der Waals surface area contributed by atoms with E-state index in [-0.39, 0.29) is 35.1 Å². The molecule has 0 spiro atoms. The maximum atomic E-state index is 10.4. The highest BCUT2D eigenvalue weighted by Crippen LogP contribution is 2.34. The molecule has 2 aromatic rings. The van der Waals surface area contributed by atoms with Crippen LogP contribution in [0.3, 0.4) is 0 Å². The first kappa shape index (κ1) is 29.3. The van der Waals surface area contributed by atoms with Crippen LogP contribution >= 0.6 is 54.8 Å². The Labute approximate surface area is 209 Å². The van der Waals surface area contributed by atoms with E-state index in [1.165, 1.54) is 67.7 Å². The van der Waals surface area contributed by atoms with Crippen molar-refractivity contribution in [2.45, 2.75) is 34.4 Å². The predicted molar refractivity (Wildman–Crippen MR) is 132 cm³/mol. The lowest BCUT2D eigenvalue weighted by molar-refractivity contribution is -0.385. The standard InChI is InChI=1S/C9H9ClN2O4S2.C8H10N2O3S2/c1-6(5-16-9(10)13)17-18-8-3-2-7(4-11-8)12(14)15;1-6(5-11)14-15-8-3-2-7(4-9-8)10(12)13/h2-4,6H,5H2,1H3;2-4,6,11H,5H2,1H3/t2*6-/m11/s1. The topological polar surface area (TPSA) is 159 Å². The smallest absolute Gasteiger partial charge is 0.403 e. The fourth-order valence-electron chi connectivity index (χ4n) is 1.56. The summed E-state index contributed by atoms with van der Waals surface area (Å²) < 4.78 is 4.63. The average Bonchev–Trinajstić information content (AvgIpc) is 2.80. The van der Waals surface area contributed by atoms with E-state index in [0.29, 0.717) is 10.1 Å². The van der Waals surface area contributed by atoms with Gasteiger partial charge in [-0.05, 0) is 40.6 Å². The molecule has 2 atom stereocenters. The van der Waals surface area contributed by atoms with Crippen molar-refractivity contribution in [3.05, 3.63) is 56.9 Å². The van der Waals surface area contributed by atoms with Gasteiger partial charge in [0.05, 0.1) is 16.5 Å². The summed E-state index contributed by atoms with van der Waals surface area (Å²) in [5, 5.41) is 31.1. The van der Waals surface area contributed by atoms with Gasteiger partial charge in [0.2, 0.25) is 0 Å². The lowest BCUT2D eigenvalue weighted by Gasteiger charge is -2.08. The average molecular weight is 555 g/mol. The van der Waals surface area contributed by atoms with Gasteiger partial charge in [0.25, 0.3) is 11.4 Å². The molecule has 0 bridgehead atoms. The van der Waals surface area contributed by atoms with Crippen molar-refractivity contribution in [1.29, 1.82) is 0 Å². The zero-order valence-corrected chi connectivity index (χ0v) is 21.3. The second-order valence-electron chi connectivity index (χ2n) is 5.94. The highest BCUT2D eigenvalue weighted by molar-refractivity contribution is 8.77. The summed E-state index contributed by atoms with van der Waals surface area (Å²) in [4.78, 5) is 38.0. The molecule has 33 heavy (non-hydrogen) atoms. The number of carbonyl (C=O) groups is 1. The van der Waals surface area contributed by atoms with Gasteiger partial charge >= 0.3 is 5.43 Å². The molecule has 0 fully saturated rings. The van der Waals surface area contributed by atoms with E-state index in [1.54, 1.807) is 12.1 Å². The molecular formula is C17H19ClN4O7S4. The van der Waals surface area contributed by atoms with Crippen LogP contribution in [0.4, 0.5) is 16.2 Å². The van der Waals surface area contributed by atoms with Crippen LogP contribution in [0.5, 0.6) is 0 Å². The van der Waals surface area contributed by atoms with Crippen LogP contribution in [0.15, 0.2) is 46.7 Å². The quantitative estimate of drug-likeness (QED) is 0.158. The van der Waals surface area contributed by atoms with Crippen LogP contribution in [0.2, 0.25) is 0 Å². The molecule has 0 amide bonds. The summed E-state index contributed by atoms with van der Waals surface area (Å²) in [6.07, 6.45) is 2.43. The molecule has 0 saturated heterocycles. The molecule has 1 N–H and O–H groups in total. The fraction of sp³-hybridized carbons (Fsp3) is 0.353. The second-order valence-corrected chi connectivity index (χ2v) is 11.6. The Morgan fingerprint density at radius 2 is 1.45 bits per heavy atom. The predicted octanol–water partition coefficient (Wildman–Crippen LogP) is 5.60. The number of nitro groups is 2. The van der Waals surface area contributed by atoms with Gasteiger partial charge < -0.3 is 9.84 Å². The third-order valence-corrected chi connectivity index (χ3v) is 8.79. The highest BCUT2D eigenvalue weighted by Gasteiger charge is 2.10. The van der Waals surface area contributed by atoms with Crippen molar-refractivity contribution in [3.63, 3.8) is 0 Å². The first-order valence-corrected chi connectivity index (χ1v) is 13.7. The van der Waals surface area contributed by atoms with Crippen LogP contribution in [-0.2, 0) is 4.74 Å². The summed E-state index contributed by atoms with van der Waals surface area (Å²) in [6.45, 7) is 4.06. The number of halogens is 1. The van der Waals surface area contributed by atoms with Crippen molar-refractivity contribution in [3.8, 4) is 0 Å². The number of rotatable bonds is 11. The van der Waals surface area contributed by atoms with Crippen LogP contribution in [0, 0.1) is 20.2 Å². The molecule has 16 heteroatoms. The molecule has 0 unspecified atom stereocenters. The number of ether oxygens (including phenoxy) is 1. The SMILES string of the molecule is C[C@H](CO)SSc1ccc([N+](=O)[O-])cn1.C[C@H](COC(=O)Cl)SSc1ccc([N+](=O)[O-])cn1. The Bertz CT molecular complexity index is 909. The number of aliphatic hydroxyl groups excluding tert-OH is 1. The van der Waals surface area contributed by atoms with Gasteiger partial charge in [-0.1, -0.05) is 28.5 Å². The van der Waals surface area contributed by atoms with Crippen LogP contribution in [0.1, 0.15) is 13.8 Å². The zero-order chi connectivity index (χ0) is 24.8. The third kappa shape index (κ3) is 12.9. The van der Waals surface area contributed by atoms with Crippen LogP contribution in [-0.4, -0.2) is 54.1 Å². The molecule has 0 radical (unpaired) electrons. The van der Waals surface area contributed by atoms with Crippen LogP contribution in [0.25, 0.3) is 0 Å². The minimum absolute atomic E-state index is 0.0143. The van der Waals surface area contributed by atoms with Gasteiger partial charge in [0.1, 0.15) is 29.1 Å². The molecule has 11 nitrogen and oxygen atoms in total. The third-order valence-electron chi connectivity index (χ3n) is 3.15. The first-order valence-electron chi connectivity index (χ1n) is 8.93. The fourth-order valence-corrected chi connectivity index (χ4v) is 5.29. The van der Waals surface area contributed by atoms with Crippen molar-refractivity contribution < 1.29 is 24.5 Å². The highest BCUT2D eigenvalue weighted by atomic mass is 35.5. The van der Waals surface area contributed by atoms with E-state index in [4.69, 9.17) is 16.7 Å². The second kappa shape index (κ2) is 16.0. The number of nitrogens with zero attached hydrogens (tertiary/aromatic N) is 4. The number of hydrogen-bond donors (Lipinski definition) is 1. The van der Waals surface area contributed by atoms with Crippen molar-refractivity contribution in [2.75, 3.05) is 13.2 Å². The molecule has 0 aliphatic carbocycles. The van der Waals surface area contributed by atoms with E-state index in [2.05, 4.69) is 14.7 Å². The van der Waals surface area contributed by atoms with Gasteiger partial charge in [-0.25, -0.2) is 14.8 Å². The van der Waals surface area contributed by atoms with Gasteiger partial charge in [0.15, 0.2) is 0 Å². The van der Waals surface area contributed by atoms with Gasteiger partial charge in [0, 0.05) is 34.2 Å². The monoisotopic (exact) mass is 554 g/mol. The minimum atomic E-state index is -0.832. The van der Waals surface area contributed by atoms with Gasteiger partial charge in [-0.2, -0.15) is 0 Å². The maximum absolute atomic E-state index is 10.4. The Hall–Kier alpha value is -1.78. The molecule has 2 heterocycles. The molecule has 0 aliphatic rings. The zero-order valence-electron chi connectivity index (χ0n) is 17.2. The normalized spacial score (nSPS) is 12.1. The number of aromatic nitrogens is 2. The van der Waals surface area contributed by atoms with E-state index in [1.807, 2.05) is 13.8 Å². The Balaban J connectivity index is 0.000000335. The number of aliphatic hydroxyl groups is 1. The largest absolute Gasteiger partial charge is 0.452 e. The first-order chi connectivity index (χ1) is 15.6. The molecule has 0 saturated carbocycles. The van der Waals surface area contributed by atoms with Crippen molar-refractivity contribution in [2.24, 2.45) is 0 Å². The van der Waals surface area contributed by atoms with Crippen LogP contribution < -0.4 is 0 Å². The number of hydrogen-bond acceptors (Lipinski definition) is 13. The van der Waals surface area contributed by atoms with Gasteiger partial charge in [-0.15, -0.1) is 0 Å². The Kier molecular flexibility index (Phi) is 14.1. The van der Waals surface area contributed by atoms with Crippen molar-refractivity contribution in [1.82, 2.24) is 9.97 Å². The van der Waals surface area contributed by atoms with E-state index < -0.39 is 15.3 Å². The molecule has 0 aliphatic heterocycles. The van der Waals surface area contributed by atoms with E-state index in [0.717, 1.165) is 0 Å². The molecule has 2 rings (SSSR count). The van der Waals surface area contributed by atoms with E-state index in [9.17, 15) is 25.0 Å². The number of pyridine rings is 2. The molecule has 0 aromatic carbocycles. The lowest BCUT2D eigenvalue weighted by atomic mass is 10.4. The Morgan fingerprint density at radius 3 is 1.79 bits per heavy atom. The summed E-state index contributed by atoms with van der Waals surface area (Å²) in [5.41, 5.74) is -0.895. The number of carbonyl (C=O) groups excluding carboxylic acids is 1. The minimum Gasteiger partial charge on any atom is -0.452 e. The molecule has 2 aromatic heterocycles.